The van der Waals surface area contributed by atoms with Crippen molar-refractivity contribution in [3.05, 3.63) is 29.3 Å². The summed E-state index contributed by atoms with van der Waals surface area (Å²) in [6.45, 7) is 1.86. The molecule has 1 aromatic heterocycles. The summed E-state index contributed by atoms with van der Waals surface area (Å²) < 4.78 is 26.8. The molecule has 0 saturated carbocycles. The lowest BCUT2D eigenvalue weighted by atomic mass is 10.0. The molecule has 2 aromatic rings. The molecule has 3 rings (SSSR count). The first-order valence-corrected chi connectivity index (χ1v) is 10.1. The van der Waals surface area contributed by atoms with Gasteiger partial charge in [0.1, 0.15) is 0 Å². The molecule has 1 aromatic carbocycles. The highest BCUT2D eigenvalue weighted by atomic mass is 32.2. The van der Waals surface area contributed by atoms with Crippen LogP contribution in [0.15, 0.2) is 23.4 Å². The van der Waals surface area contributed by atoms with E-state index in [1.54, 1.807) is 25.2 Å². The molecule has 2 heterocycles. The summed E-state index contributed by atoms with van der Waals surface area (Å²) in [5.41, 5.74) is 2.11. The van der Waals surface area contributed by atoms with Gasteiger partial charge in [0.25, 0.3) is 0 Å². The maximum Gasteiger partial charge on any atom is 0.232 e. The van der Waals surface area contributed by atoms with Crippen LogP contribution in [-0.2, 0) is 23.5 Å². The van der Waals surface area contributed by atoms with E-state index in [2.05, 4.69) is 15.5 Å². The van der Waals surface area contributed by atoms with E-state index in [0.717, 1.165) is 5.56 Å². The maximum absolute atomic E-state index is 12.4. The quantitative estimate of drug-likeness (QED) is 0.572. The summed E-state index contributed by atoms with van der Waals surface area (Å²) in [4.78, 5) is 12.4. The highest BCUT2D eigenvalue weighted by Crippen LogP contribution is 2.35. The third-order valence-electron chi connectivity index (χ3n) is 3.83. The molecule has 1 aliphatic rings. The SMILES string of the molecule is C[C@@H]1Cc2cc(C(=O)CSc3nnnn3C)ccc2N1S(C)(=O)=O. The normalized spacial score (nSPS) is 17.1. The van der Waals surface area contributed by atoms with Gasteiger partial charge in [-0.2, -0.15) is 0 Å². The van der Waals surface area contributed by atoms with Gasteiger partial charge in [-0.1, -0.05) is 11.8 Å². The van der Waals surface area contributed by atoms with Crippen LogP contribution in [0.4, 0.5) is 5.69 Å². The molecule has 0 aliphatic carbocycles. The first-order valence-electron chi connectivity index (χ1n) is 7.28. The van der Waals surface area contributed by atoms with Crippen LogP contribution in [0.25, 0.3) is 0 Å². The zero-order chi connectivity index (χ0) is 17.5. The van der Waals surface area contributed by atoms with E-state index in [1.165, 1.54) is 27.0 Å². The number of carbonyl (C=O) groups is 1. The number of hydrogen-bond donors (Lipinski definition) is 0. The maximum atomic E-state index is 12.4. The lowest BCUT2D eigenvalue weighted by Crippen LogP contribution is -2.34. The van der Waals surface area contributed by atoms with Gasteiger partial charge >= 0.3 is 0 Å². The van der Waals surface area contributed by atoms with Crippen LogP contribution in [0.5, 0.6) is 0 Å². The number of benzene rings is 1. The Morgan fingerprint density at radius 1 is 1.42 bits per heavy atom. The van der Waals surface area contributed by atoms with Crippen molar-refractivity contribution in [3.8, 4) is 0 Å². The topological polar surface area (TPSA) is 98.1 Å². The van der Waals surface area contributed by atoms with Gasteiger partial charge in [-0.25, -0.2) is 13.1 Å². The molecule has 10 heteroatoms. The van der Waals surface area contributed by atoms with Crippen LogP contribution in [0.3, 0.4) is 0 Å². The van der Waals surface area contributed by atoms with Crippen molar-refractivity contribution in [1.29, 1.82) is 0 Å². The van der Waals surface area contributed by atoms with E-state index < -0.39 is 10.0 Å². The third kappa shape index (κ3) is 3.16. The molecule has 0 unspecified atom stereocenters. The number of sulfonamides is 1. The number of aryl methyl sites for hydroxylation is 1. The first kappa shape index (κ1) is 16.9. The predicted molar refractivity (Wildman–Crippen MR) is 90.8 cm³/mol. The molecule has 1 atom stereocenters. The summed E-state index contributed by atoms with van der Waals surface area (Å²) in [5, 5.41) is 11.6. The minimum Gasteiger partial charge on any atom is -0.293 e. The molecular formula is C14H17N5O3S2. The zero-order valence-corrected chi connectivity index (χ0v) is 15.1. The van der Waals surface area contributed by atoms with Crippen molar-refractivity contribution in [3.63, 3.8) is 0 Å². The fourth-order valence-corrected chi connectivity index (χ4v) is 4.85. The second-order valence-corrected chi connectivity index (χ2v) is 8.55. The molecule has 24 heavy (non-hydrogen) atoms. The van der Waals surface area contributed by atoms with Gasteiger partial charge in [0.05, 0.1) is 17.7 Å². The average Bonchev–Trinajstić information content (AvgIpc) is 3.05. The Morgan fingerprint density at radius 3 is 2.79 bits per heavy atom. The highest BCUT2D eigenvalue weighted by molar-refractivity contribution is 7.99. The van der Waals surface area contributed by atoms with Crippen LogP contribution in [-0.4, -0.2) is 52.5 Å². The second-order valence-electron chi connectivity index (χ2n) is 5.75. The molecule has 0 spiro atoms. The number of tetrazole rings is 1. The molecule has 0 N–H and O–H groups in total. The number of fused-ring (bicyclic) bond motifs is 1. The minimum atomic E-state index is -3.32. The van der Waals surface area contributed by atoms with Gasteiger partial charge in [0.15, 0.2) is 5.78 Å². The molecule has 1 aliphatic heterocycles. The van der Waals surface area contributed by atoms with Gasteiger partial charge in [0.2, 0.25) is 15.2 Å². The van der Waals surface area contributed by atoms with Crippen LogP contribution in [0.2, 0.25) is 0 Å². The Morgan fingerprint density at radius 2 is 2.17 bits per heavy atom. The molecule has 128 valence electrons. The molecular weight excluding hydrogens is 350 g/mol. The Bertz CT molecular complexity index is 894. The Kier molecular flexibility index (Phi) is 4.35. The van der Waals surface area contributed by atoms with Gasteiger partial charge in [-0.15, -0.1) is 5.10 Å². The fourth-order valence-electron chi connectivity index (χ4n) is 2.84. The number of Topliss-reactive ketones (excluding diaryl/α,β-unsaturated/α-hetero) is 1. The number of ketones is 1. The predicted octanol–water partition coefficient (Wildman–Crippen LogP) is 0.896. The highest BCUT2D eigenvalue weighted by Gasteiger charge is 2.32. The summed E-state index contributed by atoms with van der Waals surface area (Å²) in [7, 11) is -1.61. The summed E-state index contributed by atoms with van der Waals surface area (Å²) in [6, 6.07) is 5.03. The van der Waals surface area contributed by atoms with Gasteiger partial charge < -0.3 is 0 Å². The fraction of sp³-hybridized carbons (Fsp3) is 0.429. The van der Waals surface area contributed by atoms with E-state index in [4.69, 9.17) is 0 Å². The number of aromatic nitrogens is 4. The monoisotopic (exact) mass is 367 g/mol. The lowest BCUT2D eigenvalue weighted by Gasteiger charge is -2.21. The van der Waals surface area contributed by atoms with E-state index in [9.17, 15) is 13.2 Å². The van der Waals surface area contributed by atoms with Crippen LogP contribution >= 0.6 is 11.8 Å². The standard InChI is InChI=1S/C14H17N5O3S2/c1-9-6-11-7-10(4-5-12(11)19(9)24(3,21)22)13(20)8-23-14-15-16-17-18(14)2/h4-5,7,9H,6,8H2,1-3H3/t9-/m1/s1. The summed E-state index contributed by atoms with van der Waals surface area (Å²) in [6.07, 6.45) is 1.80. The van der Waals surface area contributed by atoms with Crippen LogP contribution in [0.1, 0.15) is 22.8 Å². The first-order chi connectivity index (χ1) is 11.3. The van der Waals surface area contributed by atoms with Gasteiger partial charge in [0, 0.05) is 18.7 Å². The van der Waals surface area contributed by atoms with Crippen molar-refractivity contribution in [2.75, 3.05) is 16.3 Å². The Labute approximate surface area is 144 Å². The summed E-state index contributed by atoms with van der Waals surface area (Å²) in [5.74, 6) is 0.175. The largest absolute Gasteiger partial charge is 0.293 e. The van der Waals surface area contributed by atoms with Crippen molar-refractivity contribution in [1.82, 2.24) is 20.2 Å². The van der Waals surface area contributed by atoms with E-state index in [-0.39, 0.29) is 17.6 Å². The van der Waals surface area contributed by atoms with Crippen molar-refractivity contribution < 1.29 is 13.2 Å². The number of hydrogen-bond acceptors (Lipinski definition) is 7. The molecule has 0 radical (unpaired) electrons. The Hall–Kier alpha value is -1.94. The number of anilines is 1. The molecule has 0 fully saturated rings. The smallest absolute Gasteiger partial charge is 0.232 e. The second kappa shape index (κ2) is 6.17. The van der Waals surface area contributed by atoms with Gasteiger partial charge in [-0.05, 0) is 47.5 Å². The Balaban J connectivity index is 1.79. The molecule has 8 nitrogen and oxygen atoms in total. The van der Waals surface area contributed by atoms with Gasteiger partial charge in [-0.3, -0.25) is 9.10 Å². The van der Waals surface area contributed by atoms with E-state index >= 15 is 0 Å². The average molecular weight is 367 g/mol. The minimum absolute atomic E-state index is 0.0451. The summed E-state index contributed by atoms with van der Waals surface area (Å²) >= 11 is 1.27. The van der Waals surface area contributed by atoms with Crippen LogP contribution in [0, 0.1) is 0 Å². The number of nitrogens with zero attached hydrogens (tertiary/aromatic N) is 5. The molecule has 0 amide bonds. The van der Waals surface area contributed by atoms with Crippen LogP contribution < -0.4 is 4.31 Å². The lowest BCUT2D eigenvalue weighted by molar-refractivity contribution is 0.102. The number of thioether (sulfide) groups is 1. The van der Waals surface area contributed by atoms with Crippen molar-refractivity contribution >= 4 is 33.3 Å². The molecule has 0 saturated heterocycles. The molecule has 0 bridgehead atoms. The number of rotatable bonds is 5. The number of carbonyl (C=O) groups excluding carboxylic acids is 1. The van der Waals surface area contributed by atoms with Crippen molar-refractivity contribution in [2.45, 2.75) is 24.5 Å². The third-order valence-corrected chi connectivity index (χ3v) is 6.11. The van der Waals surface area contributed by atoms with Crippen molar-refractivity contribution in [2.24, 2.45) is 7.05 Å². The van der Waals surface area contributed by atoms with E-state index in [0.29, 0.717) is 22.8 Å². The van der Waals surface area contributed by atoms with E-state index in [1.807, 2.05) is 6.92 Å². The zero-order valence-electron chi connectivity index (χ0n) is 13.5.